The maximum absolute atomic E-state index is 5.97. The van der Waals surface area contributed by atoms with Crippen molar-refractivity contribution >= 4 is 5.69 Å². The highest BCUT2D eigenvalue weighted by Crippen LogP contribution is 2.35. The Balaban J connectivity index is 2.30. The van der Waals surface area contributed by atoms with Gasteiger partial charge in [0.2, 0.25) is 0 Å². The van der Waals surface area contributed by atoms with Crippen LogP contribution < -0.4 is 10.6 Å². The van der Waals surface area contributed by atoms with E-state index in [0.717, 1.165) is 12.8 Å². The average molecular weight is 232 g/mol. The van der Waals surface area contributed by atoms with Gasteiger partial charge in [-0.2, -0.15) is 0 Å². The number of fused-ring (bicyclic) bond motifs is 1. The molecule has 1 aliphatic rings. The first kappa shape index (κ1) is 12.4. The summed E-state index contributed by atoms with van der Waals surface area (Å²) < 4.78 is 0. The number of hydrogen-bond acceptors (Lipinski definition) is 2. The summed E-state index contributed by atoms with van der Waals surface area (Å²) in [7, 11) is 0. The zero-order chi connectivity index (χ0) is 12.6. The fourth-order valence-corrected chi connectivity index (χ4v) is 3.00. The van der Waals surface area contributed by atoms with E-state index in [2.05, 4.69) is 50.8 Å². The predicted octanol–water partition coefficient (Wildman–Crippen LogP) is 2.87. The summed E-state index contributed by atoms with van der Waals surface area (Å²) in [5.74, 6) is 0. The first-order valence-corrected chi connectivity index (χ1v) is 6.62. The van der Waals surface area contributed by atoms with E-state index >= 15 is 0 Å². The summed E-state index contributed by atoms with van der Waals surface area (Å²) >= 11 is 0. The first-order chi connectivity index (χ1) is 7.99. The molecular formula is C15H24N2. The second kappa shape index (κ2) is 4.69. The number of aryl methyl sites for hydroxylation is 1. The van der Waals surface area contributed by atoms with Gasteiger partial charge < -0.3 is 10.6 Å². The molecule has 1 aromatic carbocycles. The van der Waals surface area contributed by atoms with Crippen LogP contribution in [0.4, 0.5) is 5.69 Å². The lowest BCUT2D eigenvalue weighted by atomic mass is 10.0. The Morgan fingerprint density at radius 1 is 1.35 bits per heavy atom. The Labute approximate surface area is 105 Å². The van der Waals surface area contributed by atoms with Crippen LogP contribution in [0.3, 0.4) is 0 Å². The van der Waals surface area contributed by atoms with Crippen LogP contribution in [0.15, 0.2) is 18.2 Å². The quantitative estimate of drug-likeness (QED) is 0.868. The smallest absolute Gasteiger partial charge is 0.0404 e. The standard InChI is InChI=1S/C15H24N2/c1-10(2)17-14(8-12(4)16)9-13-7-11(3)5-6-15(13)17/h5-7,10,12,14H,8-9,16H2,1-4H3. The zero-order valence-electron chi connectivity index (χ0n) is 11.4. The zero-order valence-corrected chi connectivity index (χ0v) is 11.4. The second-order valence-corrected chi connectivity index (χ2v) is 5.70. The molecule has 0 saturated heterocycles. The molecule has 2 nitrogen and oxygen atoms in total. The summed E-state index contributed by atoms with van der Waals surface area (Å²) in [4.78, 5) is 2.54. The van der Waals surface area contributed by atoms with Crippen molar-refractivity contribution in [2.75, 3.05) is 4.90 Å². The molecule has 0 bridgehead atoms. The molecule has 1 aromatic rings. The van der Waals surface area contributed by atoms with Crippen LogP contribution in [0.25, 0.3) is 0 Å². The Hall–Kier alpha value is -1.02. The van der Waals surface area contributed by atoms with Gasteiger partial charge in [0.15, 0.2) is 0 Å². The van der Waals surface area contributed by atoms with E-state index in [0.29, 0.717) is 12.1 Å². The van der Waals surface area contributed by atoms with Crippen molar-refractivity contribution in [2.24, 2.45) is 5.73 Å². The van der Waals surface area contributed by atoms with Crippen LogP contribution in [0.2, 0.25) is 0 Å². The number of benzene rings is 1. The molecule has 1 aliphatic heterocycles. The monoisotopic (exact) mass is 232 g/mol. The molecule has 0 saturated carbocycles. The minimum Gasteiger partial charge on any atom is -0.366 e. The predicted molar refractivity (Wildman–Crippen MR) is 74.6 cm³/mol. The normalized spacial score (nSPS) is 20.8. The van der Waals surface area contributed by atoms with Gasteiger partial charge in [0.05, 0.1) is 0 Å². The van der Waals surface area contributed by atoms with Gasteiger partial charge in [-0.1, -0.05) is 17.7 Å². The van der Waals surface area contributed by atoms with E-state index < -0.39 is 0 Å². The van der Waals surface area contributed by atoms with Gasteiger partial charge in [-0.15, -0.1) is 0 Å². The van der Waals surface area contributed by atoms with Crippen LogP contribution in [0.5, 0.6) is 0 Å². The van der Waals surface area contributed by atoms with Gasteiger partial charge in [0.25, 0.3) is 0 Å². The summed E-state index contributed by atoms with van der Waals surface area (Å²) in [5, 5.41) is 0. The van der Waals surface area contributed by atoms with Gasteiger partial charge in [-0.3, -0.25) is 0 Å². The van der Waals surface area contributed by atoms with Crippen LogP contribution in [0, 0.1) is 6.92 Å². The third kappa shape index (κ3) is 2.47. The lowest BCUT2D eigenvalue weighted by molar-refractivity contribution is 0.497. The van der Waals surface area contributed by atoms with Crippen molar-refractivity contribution in [1.82, 2.24) is 0 Å². The average Bonchev–Trinajstić information content (AvgIpc) is 2.53. The first-order valence-electron chi connectivity index (χ1n) is 6.62. The van der Waals surface area contributed by atoms with E-state index in [4.69, 9.17) is 5.73 Å². The number of rotatable bonds is 3. The third-order valence-electron chi connectivity index (χ3n) is 3.56. The fraction of sp³-hybridized carbons (Fsp3) is 0.600. The number of anilines is 1. The number of hydrogen-bond donors (Lipinski definition) is 1. The largest absolute Gasteiger partial charge is 0.366 e. The molecule has 2 unspecified atom stereocenters. The van der Waals surface area contributed by atoms with Crippen LogP contribution in [0.1, 0.15) is 38.3 Å². The lowest BCUT2D eigenvalue weighted by Gasteiger charge is -2.32. The highest BCUT2D eigenvalue weighted by Gasteiger charge is 2.31. The van der Waals surface area contributed by atoms with Crippen LogP contribution in [-0.2, 0) is 6.42 Å². The van der Waals surface area contributed by atoms with Gasteiger partial charge >= 0.3 is 0 Å². The van der Waals surface area contributed by atoms with Crippen molar-refractivity contribution < 1.29 is 0 Å². The summed E-state index contributed by atoms with van der Waals surface area (Å²) in [6.45, 7) is 8.80. The highest BCUT2D eigenvalue weighted by molar-refractivity contribution is 5.61. The minimum absolute atomic E-state index is 0.275. The van der Waals surface area contributed by atoms with E-state index in [-0.39, 0.29) is 6.04 Å². The SMILES string of the molecule is Cc1ccc2c(c1)CC(CC(C)N)N2C(C)C. The molecule has 0 aromatic heterocycles. The van der Waals surface area contributed by atoms with E-state index in [1.165, 1.54) is 16.8 Å². The van der Waals surface area contributed by atoms with E-state index in [1.807, 2.05) is 0 Å². The summed E-state index contributed by atoms with van der Waals surface area (Å²) in [5.41, 5.74) is 10.2. The van der Waals surface area contributed by atoms with Gasteiger partial charge in [-0.25, -0.2) is 0 Å². The molecule has 0 aliphatic carbocycles. The molecule has 0 fully saturated rings. The molecule has 94 valence electrons. The fourth-order valence-electron chi connectivity index (χ4n) is 3.00. The molecule has 0 amide bonds. The highest BCUT2D eigenvalue weighted by atomic mass is 15.2. The van der Waals surface area contributed by atoms with Crippen molar-refractivity contribution in [2.45, 2.75) is 58.7 Å². The van der Waals surface area contributed by atoms with Gasteiger partial charge in [0, 0.05) is 23.8 Å². The Morgan fingerprint density at radius 2 is 2.06 bits per heavy atom. The van der Waals surface area contributed by atoms with Crippen LogP contribution >= 0.6 is 0 Å². The topological polar surface area (TPSA) is 29.3 Å². The molecule has 2 heteroatoms. The Bertz CT molecular complexity index is 396. The maximum atomic E-state index is 5.97. The number of nitrogens with zero attached hydrogens (tertiary/aromatic N) is 1. The van der Waals surface area contributed by atoms with Gasteiger partial charge in [-0.05, 0) is 52.2 Å². The molecule has 2 N–H and O–H groups in total. The molecule has 0 spiro atoms. The molecule has 2 atom stereocenters. The summed E-state index contributed by atoms with van der Waals surface area (Å²) in [6.07, 6.45) is 2.22. The second-order valence-electron chi connectivity index (χ2n) is 5.70. The maximum Gasteiger partial charge on any atom is 0.0404 e. The van der Waals surface area contributed by atoms with Crippen molar-refractivity contribution in [3.05, 3.63) is 29.3 Å². The van der Waals surface area contributed by atoms with Crippen molar-refractivity contribution in [3.63, 3.8) is 0 Å². The van der Waals surface area contributed by atoms with E-state index in [1.54, 1.807) is 0 Å². The molecule has 1 heterocycles. The minimum atomic E-state index is 0.275. The van der Waals surface area contributed by atoms with Crippen molar-refractivity contribution in [1.29, 1.82) is 0 Å². The lowest BCUT2D eigenvalue weighted by Crippen LogP contribution is -2.40. The molecule has 0 radical (unpaired) electrons. The number of nitrogens with two attached hydrogens (primary N) is 1. The van der Waals surface area contributed by atoms with Crippen LogP contribution in [-0.4, -0.2) is 18.1 Å². The van der Waals surface area contributed by atoms with Crippen molar-refractivity contribution in [3.8, 4) is 0 Å². The molecule has 17 heavy (non-hydrogen) atoms. The summed E-state index contributed by atoms with van der Waals surface area (Å²) in [6, 6.07) is 8.20. The van der Waals surface area contributed by atoms with E-state index in [9.17, 15) is 0 Å². The Kier molecular flexibility index (Phi) is 3.43. The third-order valence-corrected chi connectivity index (χ3v) is 3.56. The van der Waals surface area contributed by atoms with Gasteiger partial charge in [0.1, 0.15) is 0 Å². The molecule has 2 rings (SSSR count). The Morgan fingerprint density at radius 3 is 2.65 bits per heavy atom. The molecular weight excluding hydrogens is 208 g/mol.